The van der Waals surface area contributed by atoms with E-state index in [1.54, 1.807) is 12.1 Å². The maximum absolute atomic E-state index is 13.1. The first-order valence-electron chi connectivity index (χ1n) is 7.69. The van der Waals surface area contributed by atoms with E-state index in [1.807, 2.05) is 6.92 Å². The van der Waals surface area contributed by atoms with Gasteiger partial charge in [0.25, 0.3) is 5.91 Å². The van der Waals surface area contributed by atoms with Crippen LogP contribution in [-0.2, 0) is 19.6 Å². The first-order chi connectivity index (χ1) is 12.1. The molecule has 0 radical (unpaired) electrons. The molecule has 0 saturated carbocycles. The van der Waals surface area contributed by atoms with Crippen LogP contribution in [-0.4, -0.2) is 16.0 Å². The number of carbonyl (C=O) groups excluding carboxylic acids is 1. The summed E-state index contributed by atoms with van der Waals surface area (Å²) >= 11 is 0. The zero-order valence-electron chi connectivity index (χ0n) is 13.5. The van der Waals surface area contributed by atoms with Gasteiger partial charge in [0.05, 0.1) is 12.2 Å². The van der Waals surface area contributed by atoms with Crippen molar-refractivity contribution in [3.63, 3.8) is 0 Å². The molecule has 0 fully saturated rings. The van der Waals surface area contributed by atoms with Crippen LogP contribution in [0.2, 0.25) is 0 Å². The summed E-state index contributed by atoms with van der Waals surface area (Å²) in [6.45, 7) is 2.15. The molecule has 3 rings (SSSR count). The second kappa shape index (κ2) is 7.61. The minimum absolute atomic E-state index is 0.0152. The summed E-state index contributed by atoms with van der Waals surface area (Å²) in [4.78, 5) is 16.1. The Bertz CT molecular complexity index is 859. The van der Waals surface area contributed by atoms with Crippen LogP contribution in [0.5, 0.6) is 5.75 Å². The molecule has 0 saturated heterocycles. The van der Waals surface area contributed by atoms with Gasteiger partial charge >= 0.3 is 0 Å². The molecule has 25 heavy (non-hydrogen) atoms. The van der Waals surface area contributed by atoms with Crippen molar-refractivity contribution in [3.05, 3.63) is 65.5 Å². The monoisotopic (exact) mass is 345 g/mol. The lowest BCUT2D eigenvalue weighted by Gasteiger charge is -2.02. The summed E-state index contributed by atoms with van der Waals surface area (Å²) in [5.74, 6) is 0.311. The number of rotatable bonds is 7. The van der Waals surface area contributed by atoms with Crippen molar-refractivity contribution in [2.24, 2.45) is 0 Å². The molecule has 8 heteroatoms. The number of hydrogen-bond donors (Lipinski definition) is 1. The molecule has 0 spiro atoms. The molecule has 1 amide bonds. The van der Waals surface area contributed by atoms with Crippen molar-refractivity contribution < 1.29 is 22.9 Å². The number of carbonyl (C=O) groups is 1. The Labute approximate surface area is 142 Å². The van der Waals surface area contributed by atoms with Gasteiger partial charge in [0, 0.05) is 12.1 Å². The number of aromatic nitrogens is 2. The van der Waals surface area contributed by atoms with Crippen LogP contribution in [0.4, 0.5) is 4.39 Å². The Balaban J connectivity index is 1.52. The first-order valence-corrected chi connectivity index (χ1v) is 7.69. The van der Waals surface area contributed by atoms with Crippen LogP contribution in [0.3, 0.4) is 0 Å². The lowest BCUT2D eigenvalue weighted by atomic mass is 10.3. The lowest BCUT2D eigenvalue weighted by Crippen LogP contribution is -2.22. The number of aryl methyl sites for hydroxylation is 1. The fourth-order valence-corrected chi connectivity index (χ4v) is 2.05. The second-order valence-corrected chi connectivity index (χ2v) is 5.19. The lowest BCUT2D eigenvalue weighted by molar-refractivity contribution is 0.0942. The minimum atomic E-state index is -0.407. The highest BCUT2D eigenvalue weighted by molar-refractivity contribution is 5.91. The molecule has 2 aromatic heterocycles. The van der Waals surface area contributed by atoms with Gasteiger partial charge in [-0.25, -0.2) is 9.37 Å². The normalized spacial score (nSPS) is 10.6. The van der Waals surface area contributed by atoms with E-state index in [-0.39, 0.29) is 24.7 Å². The van der Waals surface area contributed by atoms with E-state index in [0.717, 1.165) is 12.1 Å². The van der Waals surface area contributed by atoms with E-state index in [1.165, 1.54) is 24.5 Å². The van der Waals surface area contributed by atoms with Crippen molar-refractivity contribution in [2.45, 2.75) is 26.5 Å². The van der Waals surface area contributed by atoms with E-state index in [4.69, 9.17) is 13.7 Å². The number of benzene rings is 1. The third-order valence-electron chi connectivity index (χ3n) is 3.34. The Kier molecular flexibility index (Phi) is 5.08. The molecular formula is C17H16FN3O4. The molecular weight excluding hydrogens is 329 g/mol. The molecule has 0 aliphatic carbocycles. The zero-order valence-corrected chi connectivity index (χ0v) is 13.5. The van der Waals surface area contributed by atoms with Crippen molar-refractivity contribution in [1.82, 2.24) is 15.5 Å². The van der Waals surface area contributed by atoms with Gasteiger partial charge < -0.3 is 19.0 Å². The van der Waals surface area contributed by atoms with Gasteiger partial charge in [-0.15, -0.1) is 0 Å². The van der Waals surface area contributed by atoms with E-state index in [9.17, 15) is 9.18 Å². The number of oxazole rings is 1. The van der Waals surface area contributed by atoms with Gasteiger partial charge in [-0.3, -0.25) is 4.79 Å². The first kappa shape index (κ1) is 16.7. The van der Waals surface area contributed by atoms with Gasteiger partial charge in [0.15, 0.2) is 18.1 Å². The van der Waals surface area contributed by atoms with E-state index in [0.29, 0.717) is 11.5 Å². The summed E-state index contributed by atoms with van der Waals surface area (Å²) in [5, 5.41) is 6.51. The number of halogens is 1. The van der Waals surface area contributed by atoms with E-state index >= 15 is 0 Å². The van der Waals surface area contributed by atoms with Crippen molar-refractivity contribution in [1.29, 1.82) is 0 Å². The Morgan fingerprint density at radius 2 is 2.24 bits per heavy atom. The molecule has 0 unspecified atom stereocenters. The van der Waals surface area contributed by atoms with Crippen LogP contribution >= 0.6 is 0 Å². The van der Waals surface area contributed by atoms with Crippen molar-refractivity contribution in [3.8, 4) is 5.75 Å². The number of nitrogens with one attached hydrogen (secondary N) is 1. The van der Waals surface area contributed by atoms with Crippen molar-refractivity contribution in [2.75, 3.05) is 0 Å². The smallest absolute Gasteiger partial charge is 0.273 e. The number of hydrogen-bond acceptors (Lipinski definition) is 6. The average Bonchev–Trinajstić information content (AvgIpc) is 3.27. The molecule has 0 aliphatic heterocycles. The fraction of sp³-hybridized carbons (Fsp3) is 0.235. The summed E-state index contributed by atoms with van der Waals surface area (Å²) in [7, 11) is 0. The number of amides is 1. The zero-order chi connectivity index (χ0) is 17.6. The van der Waals surface area contributed by atoms with Crippen LogP contribution in [0, 0.1) is 5.82 Å². The van der Waals surface area contributed by atoms with Crippen molar-refractivity contribution >= 4 is 5.91 Å². The van der Waals surface area contributed by atoms with Crippen LogP contribution < -0.4 is 10.1 Å². The van der Waals surface area contributed by atoms with Crippen LogP contribution in [0.15, 0.2) is 45.5 Å². The second-order valence-electron chi connectivity index (χ2n) is 5.19. The molecule has 3 aromatic rings. The highest BCUT2D eigenvalue weighted by atomic mass is 19.1. The predicted molar refractivity (Wildman–Crippen MR) is 84.3 cm³/mol. The summed E-state index contributed by atoms with van der Waals surface area (Å²) in [5.41, 5.74) is 0.940. The molecule has 0 atom stereocenters. The standard InChI is InChI=1S/C17H16FN3O4/c1-2-12-7-14(25-21-12)8-19-17(22)15-9-24-16(20-15)10-23-13-5-3-4-11(18)6-13/h3-7,9H,2,8,10H2,1H3,(H,19,22). The quantitative estimate of drug-likeness (QED) is 0.708. The third-order valence-corrected chi connectivity index (χ3v) is 3.34. The largest absolute Gasteiger partial charge is 0.484 e. The molecule has 130 valence electrons. The Morgan fingerprint density at radius 1 is 1.36 bits per heavy atom. The highest BCUT2D eigenvalue weighted by Crippen LogP contribution is 2.14. The van der Waals surface area contributed by atoms with E-state index in [2.05, 4.69) is 15.5 Å². The highest BCUT2D eigenvalue weighted by Gasteiger charge is 2.13. The summed E-state index contributed by atoms with van der Waals surface area (Å²) in [6.07, 6.45) is 1.99. The van der Waals surface area contributed by atoms with Gasteiger partial charge in [0.2, 0.25) is 5.89 Å². The molecule has 7 nitrogen and oxygen atoms in total. The van der Waals surface area contributed by atoms with Gasteiger partial charge in [-0.05, 0) is 18.6 Å². The number of ether oxygens (including phenoxy) is 1. The van der Waals surface area contributed by atoms with E-state index < -0.39 is 11.7 Å². The summed E-state index contributed by atoms with van der Waals surface area (Å²) in [6, 6.07) is 7.49. The third kappa shape index (κ3) is 4.43. The molecule has 2 heterocycles. The SMILES string of the molecule is CCc1cc(CNC(=O)c2coc(COc3cccc(F)c3)n2)on1. The average molecular weight is 345 g/mol. The van der Waals surface area contributed by atoms with Crippen LogP contribution in [0.1, 0.15) is 34.8 Å². The van der Waals surface area contributed by atoms with Crippen LogP contribution in [0.25, 0.3) is 0 Å². The topological polar surface area (TPSA) is 90.4 Å². The number of nitrogens with zero attached hydrogens (tertiary/aromatic N) is 2. The predicted octanol–water partition coefficient (Wildman–Crippen LogP) is 2.87. The maximum Gasteiger partial charge on any atom is 0.273 e. The summed E-state index contributed by atoms with van der Waals surface area (Å²) < 4.78 is 28.7. The molecule has 0 bridgehead atoms. The van der Waals surface area contributed by atoms with Gasteiger partial charge in [-0.1, -0.05) is 18.1 Å². The molecule has 1 aromatic carbocycles. The molecule has 0 aliphatic rings. The van der Waals surface area contributed by atoms with Gasteiger partial charge in [-0.2, -0.15) is 0 Å². The maximum atomic E-state index is 13.1. The fourth-order valence-electron chi connectivity index (χ4n) is 2.05. The Morgan fingerprint density at radius 3 is 3.00 bits per heavy atom. The minimum Gasteiger partial charge on any atom is -0.484 e. The molecule has 1 N–H and O–H groups in total. The Hall–Kier alpha value is -3.16. The van der Waals surface area contributed by atoms with Gasteiger partial charge in [0.1, 0.15) is 17.8 Å².